The van der Waals surface area contributed by atoms with E-state index in [9.17, 15) is 14.0 Å². The van der Waals surface area contributed by atoms with Gasteiger partial charge in [0.25, 0.3) is 5.91 Å². The van der Waals surface area contributed by atoms with Gasteiger partial charge in [-0.1, -0.05) is 54.6 Å². The fourth-order valence-corrected chi connectivity index (χ4v) is 5.35. The number of aromatic nitrogens is 1. The van der Waals surface area contributed by atoms with E-state index in [0.29, 0.717) is 6.54 Å². The minimum atomic E-state index is -0.606. The molecule has 0 bridgehead atoms. The Labute approximate surface area is 190 Å². The minimum Gasteiger partial charge on any atom is -0.357 e. The van der Waals surface area contributed by atoms with Crippen molar-refractivity contribution in [3.63, 3.8) is 0 Å². The van der Waals surface area contributed by atoms with Crippen LogP contribution < -0.4 is 4.90 Å². The number of para-hydroxylation sites is 1. The van der Waals surface area contributed by atoms with Crippen molar-refractivity contribution < 1.29 is 14.0 Å². The predicted molar refractivity (Wildman–Crippen MR) is 124 cm³/mol. The highest BCUT2D eigenvalue weighted by molar-refractivity contribution is 6.22. The van der Waals surface area contributed by atoms with Crippen LogP contribution in [0.15, 0.2) is 78.9 Å². The number of fused-ring (bicyclic) bond motifs is 3. The van der Waals surface area contributed by atoms with Crippen molar-refractivity contribution in [1.29, 1.82) is 0 Å². The number of carbonyl (C=O) groups is 2. The van der Waals surface area contributed by atoms with E-state index in [0.717, 1.165) is 28.1 Å². The van der Waals surface area contributed by atoms with Crippen molar-refractivity contribution in [2.24, 2.45) is 0 Å². The van der Waals surface area contributed by atoms with Gasteiger partial charge in [-0.25, -0.2) is 9.29 Å². The molecule has 3 aromatic carbocycles. The molecule has 0 spiro atoms. The Hall–Kier alpha value is -3.77. The van der Waals surface area contributed by atoms with Gasteiger partial charge in [0.1, 0.15) is 5.82 Å². The summed E-state index contributed by atoms with van der Waals surface area (Å²) < 4.78 is 13.8. The van der Waals surface area contributed by atoms with E-state index >= 15 is 0 Å². The number of nitrogens with one attached hydrogen (secondary N) is 1. The highest BCUT2D eigenvalue weighted by Gasteiger charge is 2.47. The maximum Gasteiger partial charge on any atom is 0.251 e. The molecule has 0 saturated carbocycles. The fourth-order valence-electron chi connectivity index (χ4n) is 5.35. The van der Waals surface area contributed by atoms with Gasteiger partial charge >= 0.3 is 0 Å². The first-order valence-electron chi connectivity index (χ1n) is 11.1. The second-order valence-electron chi connectivity index (χ2n) is 8.63. The number of hydrogen-bond donors (Lipinski definition) is 1. The molecule has 164 valence electrons. The monoisotopic (exact) mass is 439 g/mol. The zero-order chi connectivity index (χ0) is 22.5. The smallest absolute Gasteiger partial charge is 0.251 e. The predicted octanol–water partition coefficient (Wildman–Crippen LogP) is 4.59. The number of rotatable bonds is 3. The summed E-state index contributed by atoms with van der Waals surface area (Å²) in [5, 5.41) is 1.20. The van der Waals surface area contributed by atoms with Crippen molar-refractivity contribution in [3.8, 4) is 0 Å². The van der Waals surface area contributed by atoms with Gasteiger partial charge in [0.15, 0.2) is 0 Å². The summed E-state index contributed by atoms with van der Waals surface area (Å²) in [5.41, 5.74) is 4.74. The fraction of sp³-hybridized carbons (Fsp3) is 0.185. The topological polar surface area (TPSA) is 56.4 Å². The number of amides is 2. The lowest BCUT2D eigenvalue weighted by Crippen LogP contribution is -2.47. The van der Waals surface area contributed by atoms with E-state index in [-0.39, 0.29) is 30.0 Å². The minimum absolute atomic E-state index is 0.0776. The zero-order valence-corrected chi connectivity index (χ0v) is 17.9. The Kier molecular flexibility index (Phi) is 4.62. The Balaban J connectivity index is 1.44. The number of aromatic amines is 1. The van der Waals surface area contributed by atoms with Crippen LogP contribution in [-0.4, -0.2) is 34.3 Å². The largest absolute Gasteiger partial charge is 0.357 e. The number of benzene rings is 3. The van der Waals surface area contributed by atoms with Crippen LogP contribution in [0.2, 0.25) is 0 Å². The van der Waals surface area contributed by atoms with Crippen LogP contribution in [0.5, 0.6) is 0 Å². The van der Waals surface area contributed by atoms with Gasteiger partial charge in [-0.3, -0.25) is 14.5 Å². The third kappa shape index (κ3) is 3.17. The molecule has 0 unspecified atom stereocenters. The normalized spacial score (nSPS) is 21.1. The van der Waals surface area contributed by atoms with Gasteiger partial charge in [-0.05, 0) is 41.8 Å². The van der Waals surface area contributed by atoms with Crippen LogP contribution in [0, 0.1) is 5.82 Å². The molecule has 5 nitrogen and oxygen atoms in total. The quantitative estimate of drug-likeness (QED) is 0.475. The average molecular weight is 439 g/mol. The standard InChI is InChI=1S/C27H22FN3O2/c28-18-9-6-10-19(15-18)31-24(32)16-23(27(31)33)30-14-13-21-20-11-4-5-12-22(20)29-25(21)26(30)17-7-2-1-3-8-17/h1-12,15,23,26,29H,13-14,16H2/t23-,26-/m0/s1. The summed E-state index contributed by atoms with van der Waals surface area (Å²) in [6.07, 6.45) is 0.856. The number of halogens is 1. The van der Waals surface area contributed by atoms with Gasteiger partial charge in [-0.2, -0.15) is 0 Å². The molecule has 6 rings (SSSR count). The van der Waals surface area contributed by atoms with E-state index in [2.05, 4.69) is 34.1 Å². The third-order valence-corrected chi connectivity index (χ3v) is 6.78. The van der Waals surface area contributed by atoms with Crippen LogP contribution >= 0.6 is 0 Å². The molecule has 2 atom stereocenters. The lowest BCUT2D eigenvalue weighted by molar-refractivity contribution is -0.123. The van der Waals surface area contributed by atoms with Gasteiger partial charge < -0.3 is 4.98 Å². The average Bonchev–Trinajstić information content (AvgIpc) is 3.35. The number of hydrogen-bond acceptors (Lipinski definition) is 3. The third-order valence-electron chi connectivity index (χ3n) is 6.78. The molecule has 1 aromatic heterocycles. The van der Waals surface area contributed by atoms with Crippen molar-refractivity contribution in [1.82, 2.24) is 9.88 Å². The van der Waals surface area contributed by atoms with Crippen molar-refractivity contribution in [2.75, 3.05) is 11.4 Å². The van der Waals surface area contributed by atoms with E-state index in [4.69, 9.17) is 0 Å². The highest BCUT2D eigenvalue weighted by atomic mass is 19.1. The van der Waals surface area contributed by atoms with E-state index < -0.39 is 11.9 Å². The number of H-pyrrole nitrogens is 1. The summed E-state index contributed by atoms with van der Waals surface area (Å²) in [5.74, 6) is -1.07. The molecular weight excluding hydrogens is 417 g/mol. The SMILES string of the molecule is O=C1C[C@H](N2CCc3c([nH]c4ccccc34)[C@@H]2c2ccccc2)C(=O)N1c1cccc(F)c1. The van der Waals surface area contributed by atoms with E-state index in [1.165, 1.54) is 29.1 Å². The van der Waals surface area contributed by atoms with Crippen molar-refractivity contribution >= 4 is 28.4 Å². The van der Waals surface area contributed by atoms with E-state index in [1.807, 2.05) is 30.3 Å². The van der Waals surface area contributed by atoms with E-state index in [1.54, 1.807) is 6.07 Å². The van der Waals surface area contributed by atoms with Gasteiger partial charge in [-0.15, -0.1) is 0 Å². The number of carbonyl (C=O) groups excluding carboxylic acids is 2. The first-order valence-corrected chi connectivity index (χ1v) is 11.1. The molecule has 0 radical (unpaired) electrons. The van der Waals surface area contributed by atoms with Gasteiger partial charge in [0.2, 0.25) is 5.91 Å². The molecule has 33 heavy (non-hydrogen) atoms. The summed E-state index contributed by atoms with van der Waals surface area (Å²) in [4.78, 5) is 33.3. The first-order chi connectivity index (χ1) is 16.1. The molecule has 2 aliphatic heterocycles. The van der Waals surface area contributed by atoms with Crippen LogP contribution in [0.1, 0.15) is 29.3 Å². The Morgan fingerprint density at radius 1 is 0.909 bits per heavy atom. The Morgan fingerprint density at radius 3 is 2.52 bits per heavy atom. The molecular formula is C27H22FN3O2. The zero-order valence-electron chi connectivity index (χ0n) is 17.9. The number of nitrogens with zero attached hydrogens (tertiary/aromatic N) is 2. The number of imide groups is 1. The number of anilines is 1. The molecule has 1 fully saturated rings. The first kappa shape index (κ1) is 19.9. The van der Waals surface area contributed by atoms with Crippen molar-refractivity contribution in [2.45, 2.75) is 24.9 Å². The van der Waals surface area contributed by atoms with Crippen LogP contribution in [0.3, 0.4) is 0 Å². The maximum atomic E-state index is 13.8. The molecule has 1 saturated heterocycles. The molecule has 2 amide bonds. The Morgan fingerprint density at radius 2 is 1.70 bits per heavy atom. The highest BCUT2D eigenvalue weighted by Crippen LogP contribution is 2.41. The molecule has 4 aromatic rings. The molecule has 6 heteroatoms. The van der Waals surface area contributed by atoms with Gasteiger partial charge in [0.05, 0.1) is 24.2 Å². The Bertz CT molecular complexity index is 1380. The summed E-state index contributed by atoms with van der Waals surface area (Å²) in [7, 11) is 0. The van der Waals surface area contributed by atoms with Crippen LogP contribution in [0.25, 0.3) is 10.9 Å². The summed E-state index contributed by atoms with van der Waals surface area (Å²) >= 11 is 0. The summed E-state index contributed by atoms with van der Waals surface area (Å²) in [6.45, 7) is 0.648. The lowest BCUT2D eigenvalue weighted by atomic mass is 9.90. The second-order valence-corrected chi connectivity index (χ2v) is 8.63. The van der Waals surface area contributed by atoms with Crippen LogP contribution in [0.4, 0.5) is 10.1 Å². The lowest BCUT2D eigenvalue weighted by Gasteiger charge is -2.39. The van der Waals surface area contributed by atoms with Crippen molar-refractivity contribution in [3.05, 3.63) is 102 Å². The summed E-state index contributed by atoms with van der Waals surface area (Å²) in [6, 6.07) is 23.2. The van der Waals surface area contributed by atoms with Gasteiger partial charge in [0, 0.05) is 23.1 Å². The molecule has 1 N–H and O–H groups in total. The maximum absolute atomic E-state index is 13.8. The molecule has 0 aliphatic carbocycles. The second kappa shape index (κ2) is 7.67. The molecule has 2 aliphatic rings. The van der Waals surface area contributed by atoms with Crippen LogP contribution in [-0.2, 0) is 16.0 Å². The molecule has 3 heterocycles.